The number of fused-ring (bicyclic) bond motifs is 2. The van der Waals surface area contributed by atoms with E-state index in [4.69, 9.17) is 0 Å². The van der Waals surface area contributed by atoms with Gasteiger partial charge in [0.25, 0.3) is 0 Å². The van der Waals surface area contributed by atoms with Crippen LogP contribution in [0.4, 0.5) is 10.1 Å². The van der Waals surface area contributed by atoms with E-state index in [-0.39, 0.29) is 17.5 Å². The molecule has 0 aromatic heterocycles. The van der Waals surface area contributed by atoms with E-state index in [1.54, 1.807) is 12.1 Å². The zero-order valence-corrected chi connectivity index (χ0v) is 14.7. The van der Waals surface area contributed by atoms with E-state index in [2.05, 4.69) is 0 Å². The van der Waals surface area contributed by atoms with Gasteiger partial charge in [-0.05, 0) is 56.2 Å². The van der Waals surface area contributed by atoms with Crippen LogP contribution >= 0.6 is 0 Å². The van der Waals surface area contributed by atoms with Gasteiger partial charge in [0.15, 0.2) is 5.78 Å². The summed E-state index contributed by atoms with van der Waals surface area (Å²) in [5, 5.41) is 0. The Morgan fingerprint density at radius 2 is 1.84 bits per heavy atom. The number of carbonyl (C=O) groups excluding carboxylic acids is 2. The molecule has 4 rings (SSSR count). The molecular formula is C20H25FN2O2. The highest BCUT2D eigenvalue weighted by Crippen LogP contribution is 2.48. The van der Waals surface area contributed by atoms with Crippen molar-refractivity contribution in [3.63, 3.8) is 0 Å². The summed E-state index contributed by atoms with van der Waals surface area (Å²) < 4.78 is 14.3. The van der Waals surface area contributed by atoms with Crippen LogP contribution in [0.25, 0.3) is 0 Å². The van der Waals surface area contributed by atoms with Crippen LogP contribution in [0.15, 0.2) is 18.2 Å². The second-order valence-corrected chi connectivity index (χ2v) is 7.82. The predicted octanol–water partition coefficient (Wildman–Crippen LogP) is 3.11. The topological polar surface area (TPSA) is 40.6 Å². The number of carbonyl (C=O) groups is 2. The Kier molecular flexibility index (Phi) is 4.26. The Morgan fingerprint density at radius 3 is 2.40 bits per heavy atom. The molecule has 2 bridgehead atoms. The summed E-state index contributed by atoms with van der Waals surface area (Å²) in [6.07, 6.45) is 4.83. The Balaban J connectivity index is 1.38. The van der Waals surface area contributed by atoms with E-state index in [9.17, 15) is 14.0 Å². The molecule has 3 aliphatic rings. The molecule has 1 aromatic rings. The maximum absolute atomic E-state index is 14.3. The zero-order valence-electron chi connectivity index (χ0n) is 14.7. The van der Waals surface area contributed by atoms with E-state index in [1.807, 2.05) is 9.80 Å². The van der Waals surface area contributed by atoms with Gasteiger partial charge < -0.3 is 9.80 Å². The van der Waals surface area contributed by atoms with Gasteiger partial charge in [-0.3, -0.25) is 9.59 Å². The summed E-state index contributed by atoms with van der Waals surface area (Å²) in [7, 11) is 0. The van der Waals surface area contributed by atoms with Crippen molar-refractivity contribution in [1.29, 1.82) is 0 Å². The van der Waals surface area contributed by atoms with Gasteiger partial charge in [0.1, 0.15) is 5.82 Å². The number of ketones is 1. The van der Waals surface area contributed by atoms with Gasteiger partial charge in [0.05, 0.1) is 5.69 Å². The van der Waals surface area contributed by atoms with Crippen LogP contribution in [-0.2, 0) is 4.79 Å². The number of anilines is 1. The minimum absolute atomic E-state index is 0.133. The molecule has 1 amide bonds. The van der Waals surface area contributed by atoms with E-state index in [1.165, 1.54) is 32.3 Å². The molecule has 3 fully saturated rings. The average Bonchev–Trinajstić information content (AvgIpc) is 3.24. The summed E-state index contributed by atoms with van der Waals surface area (Å²) in [4.78, 5) is 28.1. The highest BCUT2D eigenvalue weighted by Gasteiger charge is 2.44. The first-order valence-corrected chi connectivity index (χ1v) is 9.37. The molecule has 0 N–H and O–H groups in total. The van der Waals surface area contributed by atoms with Crippen LogP contribution in [-0.4, -0.2) is 42.8 Å². The third-order valence-corrected chi connectivity index (χ3v) is 6.34. The summed E-state index contributed by atoms with van der Waals surface area (Å²) in [6, 6.07) is 4.66. The number of amides is 1. The molecule has 3 atom stereocenters. The van der Waals surface area contributed by atoms with Crippen molar-refractivity contribution >= 4 is 17.4 Å². The van der Waals surface area contributed by atoms with Crippen molar-refractivity contribution in [3.05, 3.63) is 29.6 Å². The number of hydrogen-bond donors (Lipinski definition) is 0. The minimum Gasteiger partial charge on any atom is -0.366 e. The average molecular weight is 344 g/mol. The Hall–Kier alpha value is -1.91. The fraction of sp³-hybridized carbons (Fsp3) is 0.600. The van der Waals surface area contributed by atoms with E-state index in [0.717, 1.165) is 12.3 Å². The van der Waals surface area contributed by atoms with Crippen LogP contribution in [0.1, 0.15) is 43.0 Å². The van der Waals surface area contributed by atoms with Gasteiger partial charge >= 0.3 is 0 Å². The van der Waals surface area contributed by atoms with Crippen molar-refractivity contribution in [2.45, 2.75) is 32.6 Å². The second kappa shape index (κ2) is 6.43. The monoisotopic (exact) mass is 344 g/mol. The van der Waals surface area contributed by atoms with Crippen molar-refractivity contribution in [2.24, 2.45) is 17.8 Å². The molecule has 1 saturated heterocycles. The molecule has 134 valence electrons. The molecule has 2 saturated carbocycles. The maximum Gasteiger partial charge on any atom is 0.226 e. The Morgan fingerprint density at radius 1 is 1.08 bits per heavy atom. The third kappa shape index (κ3) is 3.05. The number of piperazine rings is 1. The lowest BCUT2D eigenvalue weighted by atomic mass is 9.87. The van der Waals surface area contributed by atoms with E-state index >= 15 is 0 Å². The molecule has 5 heteroatoms. The number of Topliss-reactive ketones (excluding diaryl/α,β-unsaturated/α-hetero) is 1. The first-order valence-electron chi connectivity index (χ1n) is 9.37. The maximum atomic E-state index is 14.3. The fourth-order valence-electron chi connectivity index (χ4n) is 4.93. The van der Waals surface area contributed by atoms with Crippen LogP contribution < -0.4 is 4.90 Å². The second-order valence-electron chi connectivity index (χ2n) is 7.82. The van der Waals surface area contributed by atoms with Crippen LogP contribution in [0.5, 0.6) is 0 Å². The number of nitrogens with zero attached hydrogens (tertiary/aromatic N) is 2. The fourth-order valence-corrected chi connectivity index (χ4v) is 4.93. The molecule has 4 nitrogen and oxygen atoms in total. The summed E-state index contributed by atoms with van der Waals surface area (Å²) >= 11 is 0. The standard InChI is InChI=1S/C20H25FN2O2/c1-13(24)15-4-5-19(18(21)12-15)22-6-8-23(9-7-22)20(25)17-11-14-2-3-16(17)10-14/h4-5,12,14,16-17H,2-3,6-11H2,1H3/t14-,16-,17+/m0/s1. The molecule has 1 aliphatic heterocycles. The van der Waals surface area contributed by atoms with Crippen molar-refractivity contribution in [2.75, 3.05) is 31.1 Å². The lowest BCUT2D eigenvalue weighted by Gasteiger charge is -2.38. The lowest BCUT2D eigenvalue weighted by Crippen LogP contribution is -2.51. The number of hydrogen-bond acceptors (Lipinski definition) is 3. The molecular weight excluding hydrogens is 319 g/mol. The predicted molar refractivity (Wildman–Crippen MR) is 94.1 cm³/mol. The molecule has 1 aromatic carbocycles. The Labute approximate surface area is 148 Å². The normalized spacial score (nSPS) is 28.5. The highest BCUT2D eigenvalue weighted by atomic mass is 19.1. The zero-order chi connectivity index (χ0) is 17.6. The van der Waals surface area contributed by atoms with Crippen molar-refractivity contribution in [3.8, 4) is 0 Å². The van der Waals surface area contributed by atoms with Crippen molar-refractivity contribution in [1.82, 2.24) is 4.90 Å². The number of benzene rings is 1. The molecule has 2 aliphatic carbocycles. The van der Waals surface area contributed by atoms with Crippen LogP contribution in [0, 0.1) is 23.6 Å². The number of halogens is 1. The molecule has 0 radical (unpaired) electrons. The number of rotatable bonds is 3. The highest BCUT2D eigenvalue weighted by molar-refractivity contribution is 5.94. The molecule has 0 unspecified atom stereocenters. The van der Waals surface area contributed by atoms with Gasteiger partial charge in [0.2, 0.25) is 5.91 Å². The van der Waals surface area contributed by atoms with Gasteiger partial charge in [-0.1, -0.05) is 6.42 Å². The molecule has 25 heavy (non-hydrogen) atoms. The van der Waals surface area contributed by atoms with E-state index in [0.29, 0.717) is 49.3 Å². The third-order valence-electron chi connectivity index (χ3n) is 6.34. The van der Waals surface area contributed by atoms with Crippen LogP contribution in [0.3, 0.4) is 0 Å². The largest absolute Gasteiger partial charge is 0.366 e. The molecule has 0 spiro atoms. The van der Waals surface area contributed by atoms with E-state index < -0.39 is 0 Å². The quantitative estimate of drug-likeness (QED) is 0.791. The summed E-state index contributed by atoms with van der Waals surface area (Å²) in [6.45, 7) is 4.03. The Bertz CT molecular complexity index is 697. The SMILES string of the molecule is CC(=O)c1ccc(N2CCN(C(=O)[C@@H]3C[C@H]4CC[C@H]3C4)CC2)c(F)c1. The summed E-state index contributed by atoms with van der Waals surface area (Å²) in [5.41, 5.74) is 0.920. The molecule has 1 heterocycles. The first kappa shape index (κ1) is 16.6. The summed E-state index contributed by atoms with van der Waals surface area (Å²) in [5.74, 6) is 1.43. The van der Waals surface area contributed by atoms with Gasteiger partial charge in [-0.2, -0.15) is 0 Å². The van der Waals surface area contributed by atoms with Crippen molar-refractivity contribution < 1.29 is 14.0 Å². The first-order chi connectivity index (χ1) is 12.0. The smallest absolute Gasteiger partial charge is 0.226 e. The van der Waals surface area contributed by atoms with Gasteiger partial charge in [-0.15, -0.1) is 0 Å². The van der Waals surface area contributed by atoms with Gasteiger partial charge in [-0.25, -0.2) is 4.39 Å². The van der Waals surface area contributed by atoms with Gasteiger partial charge in [0, 0.05) is 37.7 Å². The lowest BCUT2D eigenvalue weighted by molar-refractivity contribution is -0.137. The minimum atomic E-state index is -0.361. The van der Waals surface area contributed by atoms with Crippen LogP contribution in [0.2, 0.25) is 0 Å².